The summed E-state index contributed by atoms with van der Waals surface area (Å²) in [5.41, 5.74) is 9.34. The van der Waals surface area contributed by atoms with E-state index in [9.17, 15) is 14.7 Å². The summed E-state index contributed by atoms with van der Waals surface area (Å²) >= 11 is 0. The van der Waals surface area contributed by atoms with E-state index in [0.29, 0.717) is 41.0 Å². The lowest BCUT2D eigenvalue weighted by atomic mass is 10.0. The number of nitrogens with two attached hydrogens (primary N) is 1. The Morgan fingerprint density at radius 2 is 1.82 bits per heavy atom. The second kappa shape index (κ2) is 10.1. The average molecular weight is 465 g/mol. The number of carbonyl (C=O) groups excluding carboxylic acids is 2. The van der Waals surface area contributed by atoms with Crippen LogP contribution in [0.5, 0.6) is 5.88 Å². The Morgan fingerprint density at radius 3 is 2.41 bits per heavy atom. The van der Waals surface area contributed by atoms with Gasteiger partial charge in [0, 0.05) is 35.6 Å². The molecule has 2 aromatic carbocycles. The van der Waals surface area contributed by atoms with Gasteiger partial charge in [0.1, 0.15) is 0 Å². The molecular formula is C26H32N4O4. The predicted octanol–water partition coefficient (Wildman–Crippen LogP) is 4.67. The molecule has 0 aliphatic carbocycles. The third-order valence-electron chi connectivity index (χ3n) is 5.47. The van der Waals surface area contributed by atoms with Crippen molar-refractivity contribution in [3.8, 4) is 5.88 Å². The molecule has 0 fully saturated rings. The van der Waals surface area contributed by atoms with Gasteiger partial charge < -0.3 is 25.5 Å². The first-order valence-corrected chi connectivity index (χ1v) is 11.2. The molecule has 1 heterocycles. The maximum absolute atomic E-state index is 12.1. The summed E-state index contributed by atoms with van der Waals surface area (Å²) in [6.45, 7) is 9.77. The van der Waals surface area contributed by atoms with Crippen molar-refractivity contribution in [3.05, 3.63) is 53.6 Å². The molecule has 0 saturated heterocycles. The van der Waals surface area contributed by atoms with Crippen molar-refractivity contribution >= 4 is 39.9 Å². The van der Waals surface area contributed by atoms with Gasteiger partial charge in [-0.1, -0.05) is 6.07 Å². The first-order valence-electron chi connectivity index (χ1n) is 11.2. The molecule has 8 nitrogen and oxygen atoms in total. The Bertz CT molecular complexity index is 1220. The van der Waals surface area contributed by atoms with Crippen LogP contribution in [0.2, 0.25) is 0 Å². The average Bonchev–Trinajstić information content (AvgIpc) is 3.09. The third kappa shape index (κ3) is 5.82. The highest BCUT2D eigenvalue weighted by Crippen LogP contribution is 2.30. The van der Waals surface area contributed by atoms with Gasteiger partial charge in [0.25, 0.3) is 0 Å². The number of nitrogens with zero attached hydrogens (tertiary/aromatic N) is 2. The first-order chi connectivity index (χ1) is 16.0. The number of aromatic amines is 1. The van der Waals surface area contributed by atoms with Crippen molar-refractivity contribution in [3.63, 3.8) is 0 Å². The zero-order valence-corrected chi connectivity index (χ0v) is 20.3. The van der Waals surface area contributed by atoms with E-state index in [-0.39, 0.29) is 23.9 Å². The molecule has 0 aliphatic rings. The second-order valence-corrected chi connectivity index (χ2v) is 8.95. The van der Waals surface area contributed by atoms with Crippen molar-refractivity contribution in [2.45, 2.75) is 46.6 Å². The summed E-state index contributed by atoms with van der Waals surface area (Å²) in [7, 11) is 0. The molecule has 180 valence electrons. The molecule has 1 aromatic heterocycles. The number of hydrogen-bond acceptors (Lipinski definition) is 6. The van der Waals surface area contributed by atoms with Crippen LogP contribution in [0.25, 0.3) is 10.9 Å². The van der Waals surface area contributed by atoms with Crippen LogP contribution in [0.3, 0.4) is 0 Å². The van der Waals surface area contributed by atoms with Gasteiger partial charge in [0.15, 0.2) is 5.88 Å². The molecule has 0 unspecified atom stereocenters. The molecule has 0 spiro atoms. The highest BCUT2D eigenvalue weighted by atomic mass is 16.5. The number of aromatic nitrogens is 1. The number of anilines is 1. The van der Waals surface area contributed by atoms with Gasteiger partial charge in [-0.05, 0) is 70.5 Å². The van der Waals surface area contributed by atoms with E-state index in [4.69, 9.17) is 10.5 Å². The molecule has 0 aliphatic heterocycles. The summed E-state index contributed by atoms with van der Waals surface area (Å²) in [5, 5.41) is 11.3. The Balaban J connectivity index is 1.86. The maximum atomic E-state index is 12.1. The fourth-order valence-electron chi connectivity index (χ4n) is 3.72. The molecule has 4 N–H and O–H groups in total. The fourth-order valence-corrected chi connectivity index (χ4v) is 3.72. The fraction of sp³-hybridized carbons (Fsp3) is 0.346. The van der Waals surface area contributed by atoms with Gasteiger partial charge in [-0.2, -0.15) is 0 Å². The Labute approximate surface area is 199 Å². The van der Waals surface area contributed by atoms with Crippen molar-refractivity contribution < 1.29 is 19.4 Å². The molecule has 8 heteroatoms. The number of benzene rings is 2. The van der Waals surface area contributed by atoms with Crippen LogP contribution in [0, 0.1) is 0 Å². The van der Waals surface area contributed by atoms with Gasteiger partial charge in [-0.3, -0.25) is 9.79 Å². The van der Waals surface area contributed by atoms with Gasteiger partial charge in [0.05, 0.1) is 29.1 Å². The highest BCUT2D eigenvalue weighted by molar-refractivity contribution is 6.13. The molecule has 3 aromatic rings. The Morgan fingerprint density at radius 1 is 1.15 bits per heavy atom. The number of nitrogens with one attached hydrogen (secondary N) is 1. The molecule has 0 radical (unpaired) electrons. The first kappa shape index (κ1) is 25.0. The van der Waals surface area contributed by atoms with Gasteiger partial charge in [-0.15, -0.1) is 0 Å². The molecule has 0 atom stereocenters. The van der Waals surface area contributed by atoms with Crippen LogP contribution in [0.1, 0.15) is 57.0 Å². The summed E-state index contributed by atoms with van der Waals surface area (Å²) in [5.74, 6) is -0.497. The molecule has 0 saturated carbocycles. The zero-order valence-electron chi connectivity index (χ0n) is 20.3. The number of ether oxygens (including phenoxy) is 1. The van der Waals surface area contributed by atoms with E-state index in [0.717, 1.165) is 11.1 Å². The number of carbonyl (C=O) groups is 2. The lowest BCUT2D eigenvalue weighted by molar-refractivity contribution is -0.116. The van der Waals surface area contributed by atoms with Crippen LogP contribution in [0.4, 0.5) is 11.4 Å². The molecule has 3 rings (SSSR count). The molecule has 1 amide bonds. The minimum absolute atomic E-state index is 0.0268. The third-order valence-corrected chi connectivity index (χ3v) is 5.47. The molecule has 34 heavy (non-hydrogen) atoms. The zero-order chi connectivity index (χ0) is 25.0. The van der Waals surface area contributed by atoms with Gasteiger partial charge >= 0.3 is 5.97 Å². The van der Waals surface area contributed by atoms with E-state index < -0.39 is 5.97 Å². The number of amides is 1. The lowest BCUT2D eigenvalue weighted by Crippen LogP contribution is -2.39. The predicted molar refractivity (Wildman–Crippen MR) is 135 cm³/mol. The summed E-state index contributed by atoms with van der Waals surface area (Å²) in [4.78, 5) is 33.4. The number of fused-ring (bicyclic) bond motifs is 1. The number of hydrogen-bond donors (Lipinski definition) is 3. The number of aromatic hydroxyl groups is 1. The van der Waals surface area contributed by atoms with Crippen LogP contribution in [0.15, 0.2) is 47.5 Å². The monoisotopic (exact) mass is 464 g/mol. The van der Waals surface area contributed by atoms with Crippen LogP contribution in [-0.2, 0) is 9.53 Å². The number of aliphatic imine (C=N–C) groups is 1. The second-order valence-electron chi connectivity index (χ2n) is 8.95. The van der Waals surface area contributed by atoms with Crippen LogP contribution in [-0.4, -0.2) is 46.4 Å². The van der Waals surface area contributed by atoms with Crippen molar-refractivity contribution in [2.75, 3.05) is 18.1 Å². The van der Waals surface area contributed by atoms with E-state index in [2.05, 4.69) is 9.98 Å². The number of rotatable bonds is 8. The molecule has 0 bridgehead atoms. The van der Waals surface area contributed by atoms with Crippen LogP contribution >= 0.6 is 0 Å². The van der Waals surface area contributed by atoms with E-state index >= 15 is 0 Å². The van der Waals surface area contributed by atoms with Gasteiger partial charge in [0.2, 0.25) is 5.91 Å². The number of H-pyrrole nitrogens is 1. The normalized spacial score (nSPS) is 12.1. The maximum Gasteiger partial charge on any atom is 0.338 e. The van der Waals surface area contributed by atoms with E-state index in [1.54, 1.807) is 36.9 Å². The van der Waals surface area contributed by atoms with Crippen molar-refractivity contribution in [2.24, 2.45) is 10.7 Å². The van der Waals surface area contributed by atoms with E-state index in [1.807, 2.05) is 38.1 Å². The molecular weight excluding hydrogens is 432 g/mol. The summed E-state index contributed by atoms with van der Waals surface area (Å²) in [6, 6.07) is 12.4. The van der Waals surface area contributed by atoms with E-state index in [1.165, 1.54) is 6.92 Å². The lowest BCUT2D eigenvalue weighted by Gasteiger charge is -2.26. The largest absolute Gasteiger partial charge is 0.494 e. The van der Waals surface area contributed by atoms with Crippen LogP contribution < -0.4 is 10.6 Å². The highest BCUT2D eigenvalue weighted by Gasteiger charge is 2.18. The summed E-state index contributed by atoms with van der Waals surface area (Å²) in [6.07, 6.45) is 0.670. The van der Waals surface area contributed by atoms with Crippen molar-refractivity contribution in [1.82, 2.24) is 4.98 Å². The quantitative estimate of drug-likeness (QED) is 0.330. The standard InChI is InChI=1S/C26H32N4O4/c1-6-34-25(33)18-7-12-21-22(15-18)29-24(32)23(21)16(2)28-19-8-10-20(11-9-19)30(17(3)31)14-13-26(4,5)27/h7-12,15,29,32H,6,13-14,27H2,1-5H3. The topological polar surface area (TPSA) is 121 Å². The minimum Gasteiger partial charge on any atom is -0.494 e. The summed E-state index contributed by atoms with van der Waals surface area (Å²) < 4.78 is 5.04. The number of esters is 1. The van der Waals surface area contributed by atoms with Gasteiger partial charge in [-0.25, -0.2) is 4.79 Å². The smallest absolute Gasteiger partial charge is 0.338 e. The SMILES string of the molecule is CCOC(=O)c1ccc2c(C(C)=Nc3ccc(N(CCC(C)(C)N)C(C)=O)cc3)c(O)[nH]c2c1. The Kier molecular flexibility index (Phi) is 7.41. The Hall–Kier alpha value is -3.65. The minimum atomic E-state index is -0.417. The van der Waals surface area contributed by atoms with Crippen molar-refractivity contribution in [1.29, 1.82) is 0 Å².